The topological polar surface area (TPSA) is 20.2 Å². The first-order valence-corrected chi connectivity index (χ1v) is 9.47. The maximum atomic E-state index is 9.85. The third kappa shape index (κ3) is 7.87. The molecule has 1 heteroatoms. The Bertz CT molecular complexity index is 395. The van der Waals surface area contributed by atoms with Crippen molar-refractivity contribution < 1.29 is 5.11 Å². The van der Waals surface area contributed by atoms with Crippen molar-refractivity contribution in [2.24, 2.45) is 0 Å². The first-order valence-electron chi connectivity index (χ1n) is 9.47. The fraction of sp³-hybridized carbons (Fsp3) is 0.714. The van der Waals surface area contributed by atoms with E-state index in [1.54, 1.807) is 0 Å². The summed E-state index contributed by atoms with van der Waals surface area (Å²) in [4.78, 5) is 0. The second-order valence-electron chi connectivity index (χ2n) is 6.98. The molecule has 1 N–H and O–H groups in total. The summed E-state index contributed by atoms with van der Waals surface area (Å²) >= 11 is 0. The van der Waals surface area contributed by atoms with E-state index in [0.717, 1.165) is 12.0 Å². The summed E-state index contributed by atoms with van der Waals surface area (Å²) in [6, 6.07) is 6.13. The highest BCUT2D eigenvalue weighted by Gasteiger charge is 2.06. The zero-order valence-corrected chi connectivity index (χ0v) is 15.0. The molecule has 0 atom stereocenters. The van der Waals surface area contributed by atoms with Crippen LogP contribution in [0.3, 0.4) is 0 Å². The highest BCUT2D eigenvalue weighted by atomic mass is 16.3. The Hall–Kier alpha value is -0.980. The maximum Gasteiger partial charge on any atom is 0.119 e. The number of hydrogen-bond acceptors (Lipinski definition) is 1. The third-order valence-corrected chi connectivity index (χ3v) is 4.53. The number of phenolic OH excluding ortho intramolecular Hbond substituents is 1. The molecule has 22 heavy (non-hydrogen) atoms. The van der Waals surface area contributed by atoms with Crippen LogP contribution in [0.25, 0.3) is 0 Å². The van der Waals surface area contributed by atoms with Crippen LogP contribution in [0.15, 0.2) is 18.2 Å². The van der Waals surface area contributed by atoms with Gasteiger partial charge < -0.3 is 5.11 Å². The lowest BCUT2D eigenvalue weighted by Gasteiger charge is -2.10. The summed E-state index contributed by atoms with van der Waals surface area (Å²) in [5.41, 5.74) is 2.46. The molecule has 126 valence electrons. The van der Waals surface area contributed by atoms with Crippen LogP contribution in [0.4, 0.5) is 0 Å². The number of phenols is 1. The molecular weight excluding hydrogens is 268 g/mol. The minimum atomic E-state index is 0.396. The molecule has 0 saturated heterocycles. The average Bonchev–Trinajstić information content (AvgIpc) is 2.50. The lowest BCUT2D eigenvalue weighted by molar-refractivity contribution is 0.464. The highest BCUT2D eigenvalue weighted by molar-refractivity contribution is 5.38. The molecule has 0 fully saturated rings. The van der Waals surface area contributed by atoms with Gasteiger partial charge in [0, 0.05) is 0 Å². The molecule has 1 aromatic rings. The number of aromatic hydroxyl groups is 1. The summed E-state index contributed by atoms with van der Waals surface area (Å²) in [5.74, 6) is 0.842. The van der Waals surface area contributed by atoms with Crippen LogP contribution < -0.4 is 0 Å². The first kappa shape index (κ1) is 19.1. The Morgan fingerprint density at radius 3 is 1.91 bits per heavy atom. The van der Waals surface area contributed by atoms with Crippen molar-refractivity contribution in [1.29, 1.82) is 0 Å². The molecule has 0 amide bonds. The summed E-state index contributed by atoms with van der Waals surface area (Å²) in [6.45, 7) is 6.55. The first-order chi connectivity index (χ1) is 10.6. The lowest BCUT2D eigenvalue weighted by atomic mass is 9.97. The van der Waals surface area contributed by atoms with Crippen LogP contribution in [0, 0.1) is 0 Å². The van der Waals surface area contributed by atoms with Crippen LogP contribution in [-0.2, 0) is 6.42 Å². The zero-order chi connectivity index (χ0) is 16.2. The third-order valence-electron chi connectivity index (χ3n) is 4.53. The van der Waals surface area contributed by atoms with Gasteiger partial charge in [0.15, 0.2) is 0 Å². The van der Waals surface area contributed by atoms with Crippen molar-refractivity contribution in [2.45, 2.75) is 97.3 Å². The molecule has 0 radical (unpaired) electrons. The van der Waals surface area contributed by atoms with Crippen LogP contribution >= 0.6 is 0 Å². The van der Waals surface area contributed by atoms with Crippen molar-refractivity contribution in [3.63, 3.8) is 0 Å². The monoisotopic (exact) mass is 304 g/mol. The predicted octanol–water partition coefficient (Wildman–Crippen LogP) is 6.98. The largest absolute Gasteiger partial charge is 0.508 e. The Labute approximate surface area is 138 Å². The molecule has 0 aromatic heterocycles. The van der Waals surface area contributed by atoms with Gasteiger partial charge >= 0.3 is 0 Å². The summed E-state index contributed by atoms with van der Waals surface area (Å²) in [7, 11) is 0. The van der Waals surface area contributed by atoms with Crippen LogP contribution in [0.2, 0.25) is 0 Å². The van der Waals surface area contributed by atoms with Gasteiger partial charge in [-0.25, -0.2) is 0 Å². The van der Waals surface area contributed by atoms with Crippen LogP contribution in [-0.4, -0.2) is 5.11 Å². The molecule has 0 aliphatic carbocycles. The Balaban J connectivity index is 2.09. The molecule has 0 heterocycles. The summed E-state index contributed by atoms with van der Waals surface area (Å²) in [6.07, 6.45) is 15.0. The molecule has 1 aromatic carbocycles. The van der Waals surface area contributed by atoms with Gasteiger partial charge in [0.25, 0.3) is 0 Å². The standard InChI is InChI=1S/C21H36O/c1-4-5-6-7-8-9-10-11-12-13-14-19-15-16-21(22)20(17-19)18(2)3/h15-18,22H,4-14H2,1-3H3. The van der Waals surface area contributed by atoms with E-state index in [2.05, 4.69) is 32.9 Å². The quantitative estimate of drug-likeness (QED) is 0.413. The molecule has 0 bridgehead atoms. The van der Waals surface area contributed by atoms with Gasteiger partial charge in [-0.2, -0.15) is 0 Å². The molecule has 0 aliphatic rings. The molecule has 1 nitrogen and oxygen atoms in total. The minimum absolute atomic E-state index is 0.396. The van der Waals surface area contributed by atoms with Crippen molar-refractivity contribution >= 4 is 0 Å². The Morgan fingerprint density at radius 1 is 0.818 bits per heavy atom. The van der Waals surface area contributed by atoms with E-state index in [0.29, 0.717) is 11.7 Å². The van der Waals surface area contributed by atoms with Gasteiger partial charge in [0.2, 0.25) is 0 Å². The zero-order valence-electron chi connectivity index (χ0n) is 15.0. The van der Waals surface area contributed by atoms with Crippen molar-refractivity contribution in [1.82, 2.24) is 0 Å². The molecule has 0 aliphatic heterocycles. The second kappa shape index (κ2) is 11.6. The maximum absolute atomic E-state index is 9.85. The van der Waals surface area contributed by atoms with E-state index >= 15 is 0 Å². The van der Waals surface area contributed by atoms with Gasteiger partial charge in [-0.05, 0) is 36.0 Å². The van der Waals surface area contributed by atoms with Crippen LogP contribution in [0.5, 0.6) is 5.75 Å². The number of aryl methyl sites for hydroxylation is 1. The van der Waals surface area contributed by atoms with E-state index < -0.39 is 0 Å². The molecular formula is C21H36O. The normalized spacial score (nSPS) is 11.3. The highest BCUT2D eigenvalue weighted by Crippen LogP contribution is 2.26. The number of hydrogen-bond donors (Lipinski definition) is 1. The van der Waals surface area contributed by atoms with E-state index in [9.17, 15) is 5.11 Å². The Kier molecular flexibility index (Phi) is 10.0. The smallest absolute Gasteiger partial charge is 0.119 e. The van der Waals surface area contributed by atoms with Gasteiger partial charge in [-0.1, -0.05) is 90.7 Å². The van der Waals surface area contributed by atoms with Gasteiger partial charge in [0.05, 0.1) is 0 Å². The van der Waals surface area contributed by atoms with Crippen molar-refractivity contribution in [3.05, 3.63) is 29.3 Å². The molecule has 0 unspecified atom stereocenters. The van der Waals surface area contributed by atoms with Crippen LogP contribution in [0.1, 0.15) is 102 Å². The van der Waals surface area contributed by atoms with Gasteiger partial charge in [0.1, 0.15) is 5.75 Å². The van der Waals surface area contributed by atoms with Crippen molar-refractivity contribution in [3.8, 4) is 5.75 Å². The van der Waals surface area contributed by atoms with Gasteiger partial charge in [-0.15, -0.1) is 0 Å². The van der Waals surface area contributed by atoms with E-state index in [-0.39, 0.29) is 0 Å². The predicted molar refractivity (Wildman–Crippen MR) is 97.7 cm³/mol. The summed E-state index contributed by atoms with van der Waals surface area (Å²) < 4.78 is 0. The average molecular weight is 305 g/mol. The minimum Gasteiger partial charge on any atom is -0.508 e. The van der Waals surface area contributed by atoms with E-state index in [4.69, 9.17) is 0 Å². The number of unbranched alkanes of at least 4 members (excludes halogenated alkanes) is 9. The van der Waals surface area contributed by atoms with E-state index in [1.165, 1.54) is 69.8 Å². The fourth-order valence-corrected chi connectivity index (χ4v) is 3.04. The lowest BCUT2D eigenvalue weighted by Crippen LogP contribution is -1.92. The SMILES string of the molecule is CCCCCCCCCCCCc1ccc(O)c(C(C)C)c1. The van der Waals surface area contributed by atoms with Crippen molar-refractivity contribution in [2.75, 3.05) is 0 Å². The molecule has 1 rings (SSSR count). The molecule has 0 saturated carbocycles. The number of rotatable bonds is 12. The summed E-state index contributed by atoms with van der Waals surface area (Å²) in [5, 5.41) is 9.85. The fourth-order valence-electron chi connectivity index (χ4n) is 3.04. The van der Waals surface area contributed by atoms with Gasteiger partial charge in [-0.3, -0.25) is 0 Å². The number of benzene rings is 1. The second-order valence-corrected chi connectivity index (χ2v) is 6.98. The van der Waals surface area contributed by atoms with E-state index in [1.807, 2.05) is 6.07 Å². The Morgan fingerprint density at radius 2 is 1.36 bits per heavy atom. The molecule has 0 spiro atoms.